The maximum Gasteiger partial charge on any atom is 0.522 e. The summed E-state index contributed by atoms with van der Waals surface area (Å²) in [5, 5.41) is 0. The zero-order chi connectivity index (χ0) is 12.1. The Morgan fingerprint density at radius 3 is 2.13 bits per heavy atom. The summed E-state index contributed by atoms with van der Waals surface area (Å²) in [5.74, 6) is 1.19. The normalized spacial score (nSPS) is 16.7. The molecule has 90 valence electrons. The van der Waals surface area contributed by atoms with E-state index in [-0.39, 0.29) is 0 Å². The van der Waals surface area contributed by atoms with Gasteiger partial charge in [-0.15, -0.1) is 11.8 Å². The Hall–Kier alpha value is 0.0700. The van der Waals surface area contributed by atoms with Crippen LogP contribution in [0.25, 0.3) is 0 Å². The van der Waals surface area contributed by atoms with E-state index < -0.39 is 15.6 Å². The first-order valence-corrected chi connectivity index (χ1v) is 7.08. The summed E-state index contributed by atoms with van der Waals surface area (Å²) in [6, 6.07) is 0. The van der Waals surface area contributed by atoms with Crippen LogP contribution >= 0.6 is 23.5 Å². The van der Waals surface area contributed by atoms with Gasteiger partial charge in [-0.25, -0.2) is 0 Å². The smallest absolute Gasteiger partial charge is 0.279 e. The van der Waals surface area contributed by atoms with E-state index in [2.05, 4.69) is 11.2 Å². The lowest BCUT2D eigenvalue weighted by atomic mass is 10.8. The van der Waals surface area contributed by atoms with Gasteiger partial charge in [0.1, 0.15) is 4.38 Å². The van der Waals surface area contributed by atoms with Crippen molar-refractivity contribution in [3.05, 3.63) is 0 Å². The lowest BCUT2D eigenvalue weighted by molar-refractivity contribution is -0.0510. The van der Waals surface area contributed by atoms with E-state index in [0.29, 0.717) is 0 Å². The van der Waals surface area contributed by atoms with Gasteiger partial charge < -0.3 is 0 Å². The Balaban J connectivity index is 0.000000262. The molecule has 0 unspecified atom stereocenters. The number of hydrogen-bond acceptors (Lipinski definition) is 5. The number of aliphatic imine (C=N–C) groups is 1. The van der Waals surface area contributed by atoms with E-state index in [1.54, 1.807) is 11.8 Å². The van der Waals surface area contributed by atoms with Gasteiger partial charge >= 0.3 is 15.6 Å². The van der Waals surface area contributed by atoms with E-state index in [9.17, 15) is 13.2 Å². The average Bonchev–Trinajstić information content (AvgIpc) is 2.52. The zero-order valence-corrected chi connectivity index (χ0v) is 9.93. The van der Waals surface area contributed by atoms with Crippen molar-refractivity contribution in [2.45, 2.75) is 5.51 Å². The molecule has 0 fully saturated rings. The fraction of sp³-hybridized carbons (Fsp3) is 0.800. The summed E-state index contributed by atoms with van der Waals surface area (Å²) < 4.78 is 58.8. The van der Waals surface area contributed by atoms with Crippen molar-refractivity contribution in [2.24, 2.45) is 4.99 Å². The van der Waals surface area contributed by atoms with Crippen LogP contribution in [0.15, 0.2) is 4.99 Å². The first-order valence-electron chi connectivity index (χ1n) is 3.43. The van der Waals surface area contributed by atoms with E-state index in [4.69, 9.17) is 13.0 Å². The van der Waals surface area contributed by atoms with Gasteiger partial charge in [0, 0.05) is 5.75 Å². The molecule has 0 amide bonds. The summed E-state index contributed by atoms with van der Waals surface area (Å²) in [7, 11) is -5.84. The largest absolute Gasteiger partial charge is 0.522 e. The predicted octanol–water partition coefficient (Wildman–Crippen LogP) is 1.85. The highest BCUT2D eigenvalue weighted by molar-refractivity contribution is 8.38. The summed E-state index contributed by atoms with van der Waals surface area (Å²) in [6.45, 7) is 1.03. The quantitative estimate of drug-likeness (QED) is 0.543. The van der Waals surface area contributed by atoms with Gasteiger partial charge in [0.15, 0.2) is 0 Å². The fourth-order valence-electron chi connectivity index (χ4n) is 0.439. The minimum Gasteiger partial charge on any atom is -0.279 e. The average molecular weight is 283 g/mol. The lowest BCUT2D eigenvalue weighted by Crippen LogP contribution is -2.21. The number of rotatable bonds is 0. The van der Waals surface area contributed by atoms with E-state index in [1.807, 2.05) is 11.8 Å². The SMILES string of the molecule is CSC1=NCCS1.O=S(=O)(O)C(F)(F)F. The number of hydrogen-bond donors (Lipinski definition) is 1. The molecule has 1 N–H and O–H groups in total. The molecule has 0 aliphatic carbocycles. The highest BCUT2D eigenvalue weighted by Gasteiger charge is 2.44. The second-order valence-electron chi connectivity index (χ2n) is 2.12. The molecule has 0 aromatic rings. The summed E-state index contributed by atoms with van der Waals surface area (Å²) in [5.41, 5.74) is -5.53. The van der Waals surface area contributed by atoms with Crippen LogP contribution in [0, 0.1) is 0 Å². The summed E-state index contributed by atoms with van der Waals surface area (Å²) in [6.07, 6.45) is 2.07. The van der Waals surface area contributed by atoms with Crippen molar-refractivity contribution in [3.63, 3.8) is 0 Å². The van der Waals surface area contributed by atoms with Gasteiger partial charge in [0.2, 0.25) is 0 Å². The maximum absolute atomic E-state index is 10.7. The molecule has 0 spiro atoms. The number of nitrogens with zero attached hydrogens (tertiary/aromatic N) is 1. The van der Waals surface area contributed by atoms with Crippen molar-refractivity contribution in [1.82, 2.24) is 0 Å². The van der Waals surface area contributed by atoms with Crippen molar-refractivity contribution in [2.75, 3.05) is 18.6 Å². The van der Waals surface area contributed by atoms with E-state index in [0.717, 1.165) is 6.54 Å². The third-order valence-electron chi connectivity index (χ3n) is 1.02. The van der Waals surface area contributed by atoms with Gasteiger partial charge in [0.25, 0.3) is 0 Å². The second-order valence-corrected chi connectivity index (χ2v) is 5.67. The number of thioether (sulfide) groups is 2. The summed E-state index contributed by atoms with van der Waals surface area (Å²) >= 11 is 3.60. The number of alkyl halides is 3. The van der Waals surface area contributed by atoms with Crippen LogP contribution in [0.3, 0.4) is 0 Å². The third-order valence-corrected chi connectivity index (χ3v) is 3.70. The van der Waals surface area contributed by atoms with E-state index >= 15 is 0 Å². The van der Waals surface area contributed by atoms with Crippen LogP contribution < -0.4 is 0 Å². The molecule has 0 saturated carbocycles. The van der Waals surface area contributed by atoms with Crippen molar-refractivity contribution in [1.29, 1.82) is 0 Å². The topological polar surface area (TPSA) is 66.7 Å². The van der Waals surface area contributed by atoms with Gasteiger partial charge in [-0.3, -0.25) is 9.55 Å². The molecule has 10 heteroatoms. The molecule has 15 heavy (non-hydrogen) atoms. The van der Waals surface area contributed by atoms with E-state index in [1.165, 1.54) is 10.1 Å². The molecule has 0 saturated heterocycles. The maximum atomic E-state index is 10.7. The highest BCUT2D eigenvalue weighted by atomic mass is 32.2. The number of halogens is 3. The Labute approximate surface area is 93.5 Å². The highest BCUT2D eigenvalue weighted by Crippen LogP contribution is 2.20. The first kappa shape index (κ1) is 15.1. The Morgan fingerprint density at radius 2 is 2.00 bits per heavy atom. The minimum atomic E-state index is -5.84. The van der Waals surface area contributed by atoms with Gasteiger partial charge in [-0.1, -0.05) is 11.8 Å². The van der Waals surface area contributed by atoms with Crippen LogP contribution in [-0.4, -0.2) is 41.4 Å². The van der Waals surface area contributed by atoms with Crippen LogP contribution in [-0.2, 0) is 10.1 Å². The van der Waals surface area contributed by atoms with Gasteiger partial charge in [0.05, 0.1) is 6.54 Å². The van der Waals surface area contributed by atoms with Gasteiger partial charge in [-0.2, -0.15) is 21.6 Å². The molecule has 1 aliphatic heterocycles. The zero-order valence-electron chi connectivity index (χ0n) is 7.48. The fourth-order valence-corrected chi connectivity index (χ4v) is 1.92. The Kier molecular flexibility index (Phi) is 5.99. The molecule has 1 rings (SSSR count). The molecule has 1 heterocycles. The standard InChI is InChI=1S/C4H7NS2.CHF3O3S/c1-6-4-5-2-3-7-4;2-1(3,4)8(5,6)7/h2-3H2,1H3;(H,5,6,7). The Bertz CT molecular complexity index is 324. The summed E-state index contributed by atoms with van der Waals surface area (Å²) in [4.78, 5) is 4.20. The molecule has 1 aliphatic rings. The monoisotopic (exact) mass is 283 g/mol. The molecular weight excluding hydrogens is 275 g/mol. The lowest BCUT2D eigenvalue weighted by Gasteiger charge is -1.97. The first-order chi connectivity index (χ1) is 6.68. The third kappa shape index (κ3) is 6.28. The molecule has 0 bridgehead atoms. The molecule has 0 aromatic heterocycles. The minimum absolute atomic E-state index is 1.03. The molecule has 4 nitrogen and oxygen atoms in total. The molecular formula is C5H8F3NO3S3. The van der Waals surface area contributed by atoms with Crippen LogP contribution in [0.1, 0.15) is 0 Å². The molecule has 0 aromatic carbocycles. The predicted molar refractivity (Wildman–Crippen MR) is 55.9 cm³/mol. The molecule has 0 radical (unpaired) electrons. The van der Waals surface area contributed by atoms with Crippen LogP contribution in [0.4, 0.5) is 13.2 Å². The van der Waals surface area contributed by atoms with Crippen molar-refractivity contribution < 1.29 is 26.1 Å². The second kappa shape index (κ2) is 5.97. The van der Waals surface area contributed by atoms with Gasteiger partial charge in [-0.05, 0) is 6.26 Å². The Morgan fingerprint density at radius 1 is 1.53 bits per heavy atom. The van der Waals surface area contributed by atoms with Crippen molar-refractivity contribution >= 4 is 38.0 Å². The van der Waals surface area contributed by atoms with Crippen LogP contribution in [0.5, 0.6) is 0 Å². The van der Waals surface area contributed by atoms with Crippen LogP contribution in [0.2, 0.25) is 0 Å². The van der Waals surface area contributed by atoms with Crippen molar-refractivity contribution in [3.8, 4) is 0 Å². The molecule has 0 atom stereocenters.